The van der Waals surface area contributed by atoms with Crippen molar-refractivity contribution in [2.45, 2.75) is 30.6 Å². The number of ether oxygens (including phenoxy) is 1. The number of nitrogens with one attached hydrogen (secondary N) is 2. The van der Waals surface area contributed by atoms with Crippen molar-refractivity contribution >= 4 is 52.1 Å². The summed E-state index contributed by atoms with van der Waals surface area (Å²) in [5.74, 6) is -2.31. The molecular weight excluding hydrogens is 410 g/mol. The zero-order valence-corrected chi connectivity index (χ0v) is 17.7. The van der Waals surface area contributed by atoms with Crippen LogP contribution >= 0.6 is 23.1 Å². The Bertz CT molecular complexity index is 951. The van der Waals surface area contributed by atoms with Crippen LogP contribution in [0.2, 0.25) is 0 Å². The number of hydrogen-bond acceptors (Lipinski definition) is 7. The Hall–Kier alpha value is -2.65. The lowest BCUT2D eigenvalue weighted by Crippen LogP contribution is -2.32. The van der Waals surface area contributed by atoms with Gasteiger partial charge in [-0.05, 0) is 55.2 Å². The van der Waals surface area contributed by atoms with Gasteiger partial charge in [0.1, 0.15) is 5.00 Å². The summed E-state index contributed by atoms with van der Waals surface area (Å²) in [5.41, 5.74) is 4.26. The number of nitrogens with zero attached hydrogens (tertiary/aromatic N) is 1. The lowest BCUT2D eigenvalue weighted by Gasteiger charge is -2.11. The van der Waals surface area contributed by atoms with Crippen molar-refractivity contribution in [2.24, 2.45) is 5.10 Å². The van der Waals surface area contributed by atoms with Crippen LogP contribution in [-0.4, -0.2) is 37.4 Å². The van der Waals surface area contributed by atoms with Crippen molar-refractivity contribution in [1.82, 2.24) is 5.43 Å². The molecule has 0 unspecified atom stereocenters. The SMILES string of the molecule is COC(=O)c1c(NC(=O)C(=O)N/N=C/c2ccc(SC)cc2)sc2c1CCCC2. The second-order valence-electron chi connectivity index (χ2n) is 6.33. The molecule has 2 aromatic rings. The molecule has 1 aliphatic carbocycles. The van der Waals surface area contributed by atoms with Gasteiger partial charge >= 0.3 is 17.8 Å². The fourth-order valence-electron chi connectivity index (χ4n) is 3.04. The highest BCUT2D eigenvalue weighted by Gasteiger charge is 2.28. The molecule has 2 N–H and O–H groups in total. The van der Waals surface area contributed by atoms with Crippen molar-refractivity contribution in [3.05, 3.63) is 45.8 Å². The number of carbonyl (C=O) groups excluding carboxylic acids is 3. The summed E-state index contributed by atoms with van der Waals surface area (Å²) >= 11 is 2.95. The highest BCUT2D eigenvalue weighted by atomic mass is 32.2. The fraction of sp³-hybridized carbons (Fsp3) is 0.300. The fourth-order valence-corrected chi connectivity index (χ4v) is 4.72. The molecule has 0 fully saturated rings. The largest absolute Gasteiger partial charge is 0.465 e. The van der Waals surface area contributed by atoms with Gasteiger partial charge in [0, 0.05) is 9.77 Å². The van der Waals surface area contributed by atoms with E-state index in [2.05, 4.69) is 15.8 Å². The Morgan fingerprint density at radius 1 is 1.14 bits per heavy atom. The van der Waals surface area contributed by atoms with Crippen LogP contribution in [-0.2, 0) is 27.2 Å². The Morgan fingerprint density at radius 2 is 1.86 bits per heavy atom. The number of anilines is 1. The molecule has 0 saturated heterocycles. The predicted molar refractivity (Wildman–Crippen MR) is 115 cm³/mol. The van der Waals surface area contributed by atoms with Crippen molar-refractivity contribution in [3.63, 3.8) is 0 Å². The molecule has 0 bridgehead atoms. The molecule has 0 aliphatic heterocycles. The molecule has 0 saturated carbocycles. The second kappa shape index (κ2) is 9.71. The van der Waals surface area contributed by atoms with Gasteiger partial charge in [-0.3, -0.25) is 9.59 Å². The summed E-state index contributed by atoms with van der Waals surface area (Å²) < 4.78 is 4.86. The Kier molecular flexibility index (Phi) is 7.05. The number of carbonyl (C=O) groups is 3. The molecule has 152 valence electrons. The molecule has 1 aromatic heterocycles. The molecule has 0 spiro atoms. The molecule has 1 aromatic carbocycles. The number of aryl methyl sites for hydroxylation is 1. The molecule has 1 heterocycles. The number of esters is 1. The van der Waals surface area contributed by atoms with Crippen LogP contribution in [0.5, 0.6) is 0 Å². The number of thiophene rings is 1. The summed E-state index contributed by atoms with van der Waals surface area (Å²) in [6, 6.07) is 7.60. The minimum absolute atomic E-state index is 0.348. The number of hydrazone groups is 1. The van der Waals surface area contributed by atoms with E-state index in [0.29, 0.717) is 10.6 Å². The molecule has 2 amide bonds. The number of rotatable bonds is 5. The Labute approximate surface area is 176 Å². The zero-order chi connectivity index (χ0) is 20.8. The van der Waals surface area contributed by atoms with Gasteiger partial charge in [0.05, 0.1) is 18.9 Å². The van der Waals surface area contributed by atoms with E-state index in [4.69, 9.17) is 4.74 Å². The summed E-state index contributed by atoms with van der Waals surface area (Å²) in [6.45, 7) is 0. The number of methoxy groups -OCH3 is 1. The monoisotopic (exact) mass is 431 g/mol. The van der Waals surface area contributed by atoms with Gasteiger partial charge in [-0.1, -0.05) is 12.1 Å². The first-order valence-corrected chi connectivity index (χ1v) is 11.1. The van der Waals surface area contributed by atoms with E-state index in [1.807, 2.05) is 30.5 Å². The maximum atomic E-state index is 12.3. The van der Waals surface area contributed by atoms with Gasteiger partial charge in [-0.2, -0.15) is 5.10 Å². The lowest BCUT2D eigenvalue weighted by molar-refractivity contribution is -0.136. The third-order valence-electron chi connectivity index (χ3n) is 4.49. The Balaban J connectivity index is 1.66. The molecule has 3 rings (SSSR count). The average molecular weight is 432 g/mol. The number of benzene rings is 1. The predicted octanol–water partition coefficient (Wildman–Crippen LogP) is 3.22. The zero-order valence-electron chi connectivity index (χ0n) is 16.1. The summed E-state index contributed by atoms with van der Waals surface area (Å²) in [4.78, 5) is 38.7. The van der Waals surface area contributed by atoms with Gasteiger partial charge in [0.2, 0.25) is 0 Å². The number of fused-ring (bicyclic) bond motifs is 1. The van der Waals surface area contributed by atoms with Crippen molar-refractivity contribution in [3.8, 4) is 0 Å². The summed E-state index contributed by atoms with van der Waals surface area (Å²) in [7, 11) is 1.30. The maximum Gasteiger partial charge on any atom is 0.341 e. The van der Waals surface area contributed by atoms with Crippen LogP contribution in [0.3, 0.4) is 0 Å². The van der Waals surface area contributed by atoms with E-state index in [0.717, 1.165) is 46.6 Å². The molecule has 0 atom stereocenters. The van der Waals surface area contributed by atoms with E-state index in [1.165, 1.54) is 24.7 Å². The van der Waals surface area contributed by atoms with Crippen LogP contribution in [0.25, 0.3) is 0 Å². The van der Waals surface area contributed by atoms with Gasteiger partial charge in [0.25, 0.3) is 0 Å². The van der Waals surface area contributed by atoms with Gasteiger partial charge < -0.3 is 10.1 Å². The van der Waals surface area contributed by atoms with E-state index < -0.39 is 17.8 Å². The van der Waals surface area contributed by atoms with E-state index in [-0.39, 0.29) is 0 Å². The lowest BCUT2D eigenvalue weighted by atomic mass is 9.95. The average Bonchev–Trinajstić information content (AvgIpc) is 3.11. The van der Waals surface area contributed by atoms with Crippen LogP contribution in [0.1, 0.15) is 39.2 Å². The maximum absolute atomic E-state index is 12.3. The molecule has 29 heavy (non-hydrogen) atoms. The van der Waals surface area contributed by atoms with Crippen LogP contribution in [0, 0.1) is 0 Å². The van der Waals surface area contributed by atoms with Crippen LogP contribution in [0.4, 0.5) is 5.00 Å². The number of hydrogen-bond donors (Lipinski definition) is 2. The molecular formula is C20H21N3O4S2. The molecule has 1 aliphatic rings. The second-order valence-corrected chi connectivity index (χ2v) is 8.32. The molecule has 9 heteroatoms. The standard InChI is InChI=1S/C20H21N3O4S2/c1-27-20(26)16-14-5-3-4-6-15(14)29-19(16)22-17(24)18(25)23-21-11-12-7-9-13(28-2)10-8-12/h7-11H,3-6H2,1-2H3,(H,22,24)(H,23,25)/b21-11+. The first kappa shape index (κ1) is 21.1. The first-order chi connectivity index (χ1) is 14.0. The van der Waals surface area contributed by atoms with Crippen LogP contribution < -0.4 is 10.7 Å². The van der Waals surface area contributed by atoms with Crippen LogP contribution in [0.15, 0.2) is 34.3 Å². The highest BCUT2D eigenvalue weighted by molar-refractivity contribution is 7.98. The highest BCUT2D eigenvalue weighted by Crippen LogP contribution is 2.38. The third kappa shape index (κ3) is 5.04. The minimum Gasteiger partial charge on any atom is -0.465 e. The minimum atomic E-state index is -0.913. The molecule has 7 nitrogen and oxygen atoms in total. The van der Waals surface area contributed by atoms with E-state index in [9.17, 15) is 14.4 Å². The van der Waals surface area contributed by atoms with Crippen molar-refractivity contribution in [2.75, 3.05) is 18.7 Å². The van der Waals surface area contributed by atoms with E-state index in [1.54, 1.807) is 11.8 Å². The molecule has 0 radical (unpaired) electrons. The summed E-state index contributed by atoms with van der Waals surface area (Å²) in [6.07, 6.45) is 7.07. The quantitative estimate of drug-likeness (QED) is 0.249. The first-order valence-electron chi connectivity index (χ1n) is 9.04. The van der Waals surface area contributed by atoms with E-state index >= 15 is 0 Å². The van der Waals surface area contributed by atoms with Crippen molar-refractivity contribution < 1.29 is 19.1 Å². The number of thioether (sulfide) groups is 1. The van der Waals surface area contributed by atoms with Gasteiger partial charge in [-0.25, -0.2) is 10.2 Å². The van der Waals surface area contributed by atoms with Gasteiger partial charge in [0.15, 0.2) is 0 Å². The Morgan fingerprint density at radius 3 is 2.55 bits per heavy atom. The number of amides is 2. The van der Waals surface area contributed by atoms with Gasteiger partial charge in [-0.15, -0.1) is 23.1 Å². The normalized spacial score (nSPS) is 13.0. The van der Waals surface area contributed by atoms with Crippen molar-refractivity contribution in [1.29, 1.82) is 0 Å². The summed E-state index contributed by atoms with van der Waals surface area (Å²) in [5, 5.41) is 6.70. The smallest absolute Gasteiger partial charge is 0.341 e. The topological polar surface area (TPSA) is 96.9 Å². The third-order valence-corrected chi connectivity index (χ3v) is 6.44.